The van der Waals surface area contributed by atoms with E-state index in [2.05, 4.69) is 77.1 Å². The van der Waals surface area contributed by atoms with Crippen LogP contribution >= 0.6 is 23.5 Å². The standard InChI is InChI=1S/C24H34OS2/c1-6-15-27-23-17-22(13-8-19(23)2)25-14-7-16-26-18-20-9-11-21(12-10-20)24(3,4)5/h8-13,17H,6-7,14-16,18H2,1-5H3. The third kappa shape index (κ3) is 7.83. The van der Waals surface area contributed by atoms with Crippen LogP contribution < -0.4 is 4.74 Å². The van der Waals surface area contributed by atoms with Gasteiger partial charge in [0.05, 0.1) is 6.61 Å². The Morgan fingerprint density at radius 1 is 0.963 bits per heavy atom. The first-order valence-electron chi connectivity index (χ1n) is 9.93. The van der Waals surface area contributed by atoms with Crippen LogP contribution in [0.2, 0.25) is 0 Å². The van der Waals surface area contributed by atoms with E-state index < -0.39 is 0 Å². The summed E-state index contributed by atoms with van der Waals surface area (Å²) in [5.74, 6) is 4.37. The van der Waals surface area contributed by atoms with E-state index in [1.807, 2.05) is 23.5 Å². The van der Waals surface area contributed by atoms with Crippen molar-refractivity contribution < 1.29 is 4.74 Å². The third-order valence-electron chi connectivity index (χ3n) is 4.41. The lowest BCUT2D eigenvalue weighted by molar-refractivity contribution is 0.318. The highest BCUT2D eigenvalue weighted by atomic mass is 32.2. The molecule has 2 aromatic carbocycles. The predicted molar refractivity (Wildman–Crippen MR) is 124 cm³/mol. The Labute approximate surface area is 174 Å². The molecule has 0 N–H and O–H groups in total. The number of benzene rings is 2. The van der Waals surface area contributed by atoms with Gasteiger partial charge in [-0.1, -0.05) is 58.0 Å². The molecule has 0 heterocycles. The fraction of sp³-hybridized carbons (Fsp3) is 0.500. The lowest BCUT2D eigenvalue weighted by Crippen LogP contribution is -2.10. The average molecular weight is 403 g/mol. The largest absolute Gasteiger partial charge is 0.494 e. The molecule has 3 heteroatoms. The van der Waals surface area contributed by atoms with Crippen LogP contribution in [0.5, 0.6) is 5.75 Å². The van der Waals surface area contributed by atoms with Crippen molar-refractivity contribution in [1.82, 2.24) is 0 Å². The molecule has 0 atom stereocenters. The van der Waals surface area contributed by atoms with E-state index in [0.717, 1.165) is 36.0 Å². The van der Waals surface area contributed by atoms with E-state index >= 15 is 0 Å². The molecule has 0 aliphatic rings. The Morgan fingerprint density at radius 2 is 1.70 bits per heavy atom. The van der Waals surface area contributed by atoms with Crippen LogP contribution in [0.1, 0.15) is 57.2 Å². The smallest absolute Gasteiger partial charge is 0.120 e. The minimum atomic E-state index is 0.230. The average Bonchev–Trinajstić information content (AvgIpc) is 2.64. The molecular weight excluding hydrogens is 368 g/mol. The molecule has 0 fully saturated rings. The summed E-state index contributed by atoms with van der Waals surface area (Å²) in [4.78, 5) is 1.35. The van der Waals surface area contributed by atoms with Crippen molar-refractivity contribution in [3.05, 3.63) is 59.2 Å². The molecule has 0 saturated carbocycles. The van der Waals surface area contributed by atoms with Crippen molar-refractivity contribution in [2.24, 2.45) is 0 Å². The maximum Gasteiger partial charge on any atom is 0.120 e. The Hall–Kier alpha value is -1.06. The third-order valence-corrected chi connectivity index (χ3v) is 6.89. The first-order valence-corrected chi connectivity index (χ1v) is 12.1. The molecule has 148 valence electrons. The van der Waals surface area contributed by atoms with E-state index in [1.54, 1.807) is 0 Å². The highest BCUT2D eigenvalue weighted by Gasteiger charge is 2.12. The van der Waals surface area contributed by atoms with Crippen LogP contribution in [0.4, 0.5) is 0 Å². The van der Waals surface area contributed by atoms with Gasteiger partial charge in [-0.25, -0.2) is 0 Å². The monoisotopic (exact) mass is 402 g/mol. The molecule has 0 aliphatic carbocycles. The van der Waals surface area contributed by atoms with Crippen molar-refractivity contribution in [2.75, 3.05) is 18.1 Å². The zero-order valence-corrected chi connectivity index (χ0v) is 19.1. The molecule has 0 aliphatic heterocycles. The van der Waals surface area contributed by atoms with Crippen molar-refractivity contribution in [1.29, 1.82) is 0 Å². The van der Waals surface area contributed by atoms with Crippen LogP contribution in [0.15, 0.2) is 47.4 Å². The number of ether oxygens (including phenoxy) is 1. The minimum Gasteiger partial charge on any atom is -0.494 e. The Kier molecular flexibility index (Phi) is 9.11. The topological polar surface area (TPSA) is 9.23 Å². The fourth-order valence-electron chi connectivity index (χ4n) is 2.68. The van der Waals surface area contributed by atoms with Gasteiger partial charge in [0.1, 0.15) is 5.75 Å². The van der Waals surface area contributed by atoms with Gasteiger partial charge in [0.15, 0.2) is 0 Å². The molecule has 0 saturated heterocycles. The van der Waals surface area contributed by atoms with Crippen LogP contribution in [-0.4, -0.2) is 18.1 Å². The fourth-order valence-corrected chi connectivity index (χ4v) is 4.49. The first-order chi connectivity index (χ1) is 12.9. The normalized spacial score (nSPS) is 11.6. The summed E-state index contributed by atoms with van der Waals surface area (Å²) in [5, 5.41) is 0. The second-order valence-corrected chi connectivity index (χ2v) is 10.2. The minimum absolute atomic E-state index is 0.230. The van der Waals surface area contributed by atoms with Crippen LogP contribution in [0.3, 0.4) is 0 Å². The molecular formula is C24H34OS2. The maximum absolute atomic E-state index is 5.96. The van der Waals surface area contributed by atoms with Crippen LogP contribution in [-0.2, 0) is 11.2 Å². The van der Waals surface area contributed by atoms with E-state index in [4.69, 9.17) is 4.74 Å². The number of thioether (sulfide) groups is 2. The Balaban J connectivity index is 1.67. The molecule has 0 spiro atoms. The summed E-state index contributed by atoms with van der Waals surface area (Å²) in [6, 6.07) is 15.5. The second-order valence-electron chi connectivity index (χ2n) is 7.98. The summed E-state index contributed by atoms with van der Waals surface area (Å²) in [7, 11) is 0. The van der Waals surface area contributed by atoms with Gasteiger partial charge in [0.25, 0.3) is 0 Å². The van der Waals surface area contributed by atoms with Crippen molar-refractivity contribution in [3.8, 4) is 5.75 Å². The van der Waals surface area contributed by atoms with Gasteiger partial charge >= 0.3 is 0 Å². The molecule has 0 bridgehead atoms. The van der Waals surface area contributed by atoms with Gasteiger partial charge < -0.3 is 4.74 Å². The molecule has 2 aromatic rings. The molecule has 0 aromatic heterocycles. The van der Waals surface area contributed by atoms with Crippen molar-refractivity contribution in [3.63, 3.8) is 0 Å². The predicted octanol–water partition coefficient (Wildman–Crippen LogP) is 7.50. The lowest BCUT2D eigenvalue weighted by Gasteiger charge is -2.19. The zero-order valence-electron chi connectivity index (χ0n) is 17.5. The summed E-state index contributed by atoms with van der Waals surface area (Å²) < 4.78 is 5.96. The molecule has 0 radical (unpaired) electrons. The van der Waals surface area contributed by atoms with Gasteiger partial charge in [0.2, 0.25) is 0 Å². The number of hydrogen-bond donors (Lipinski definition) is 0. The second kappa shape index (κ2) is 11.1. The van der Waals surface area contributed by atoms with Crippen molar-refractivity contribution >= 4 is 23.5 Å². The maximum atomic E-state index is 5.96. The quantitative estimate of drug-likeness (QED) is 0.301. The molecule has 27 heavy (non-hydrogen) atoms. The molecule has 0 unspecified atom stereocenters. The highest BCUT2D eigenvalue weighted by Crippen LogP contribution is 2.27. The number of hydrogen-bond acceptors (Lipinski definition) is 3. The van der Waals surface area contributed by atoms with Gasteiger partial charge in [0, 0.05) is 10.6 Å². The van der Waals surface area contributed by atoms with E-state index in [9.17, 15) is 0 Å². The summed E-state index contributed by atoms with van der Waals surface area (Å²) >= 11 is 3.91. The van der Waals surface area contributed by atoms with Gasteiger partial charge in [-0.2, -0.15) is 11.8 Å². The Morgan fingerprint density at radius 3 is 2.37 bits per heavy atom. The zero-order chi connectivity index (χ0) is 19.7. The number of aryl methyl sites for hydroxylation is 1. The lowest BCUT2D eigenvalue weighted by atomic mass is 9.87. The first kappa shape index (κ1) is 22.2. The van der Waals surface area contributed by atoms with E-state index in [0.29, 0.717) is 0 Å². The van der Waals surface area contributed by atoms with E-state index in [1.165, 1.54) is 28.0 Å². The summed E-state index contributed by atoms with van der Waals surface area (Å²) in [6.45, 7) is 12.0. The van der Waals surface area contributed by atoms with Crippen LogP contribution in [0.25, 0.3) is 0 Å². The summed E-state index contributed by atoms with van der Waals surface area (Å²) in [6.07, 6.45) is 2.28. The van der Waals surface area contributed by atoms with E-state index in [-0.39, 0.29) is 5.41 Å². The molecule has 2 rings (SSSR count). The number of rotatable bonds is 10. The van der Waals surface area contributed by atoms with Crippen LogP contribution in [0, 0.1) is 6.92 Å². The Bertz CT molecular complexity index is 687. The summed E-state index contributed by atoms with van der Waals surface area (Å²) in [5.41, 5.74) is 4.38. The SMILES string of the molecule is CCCSc1cc(OCCCSCc2ccc(C(C)(C)C)cc2)ccc1C. The highest BCUT2D eigenvalue weighted by molar-refractivity contribution is 7.99. The molecule has 0 amide bonds. The van der Waals surface area contributed by atoms with Gasteiger partial charge in [-0.3, -0.25) is 0 Å². The van der Waals surface area contributed by atoms with Gasteiger partial charge in [-0.05, 0) is 65.5 Å². The molecule has 1 nitrogen and oxygen atoms in total. The van der Waals surface area contributed by atoms with Crippen molar-refractivity contribution in [2.45, 2.75) is 63.5 Å². The van der Waals surface area contributed by atoms with Gasteiger partial charge in [-0.15, -0.1) is 11.8 Å².